The Kier molecular flexibility index (Phi) is 2.77. The van der Waals surface area contributed by atoms with E-state index in [4.69, 9.17) is 11.6 Å². The Morgan fingerprint density at radius 2 is 2.09 bits per heavy atom. The average Bonchev–Trinajstić information content (AvgIpc) is 1.85. The molecule has 0 aromatic heterocycles. The third kappa shape index (κ3) is 2.81. The first-order valence-corrected chi connectivity index (χ1v) is 4.08. The fraction of sp³-hybridized carbons (Fsp3) is 0.333. The first kappa shape index (κ1) is 8.41. The topological polar surface area (TPSA) is 12.0 Å². The maximum absolute atomic E-state index is 5.79. The van der Waals surface area contributed by atoms with E-state index >= 15 is 0 Å². The van der Waals surface area contributed by atoms with Gasteiger partial charge in [0.1, 0.15) is 0 Å². The summed E-state index contributed by atoms with van der Waals surface area (Å²) in [6, 6.07) is 8.18. The van der Waals surface area contributed by atoms with E-state index in [1.165, 1.54) is 0 Å². The van der Waals surface area contributed by atoms with E-state index in [1.807, 2.05) is 24.3 Å². The molecule has 0 bridgehead atoms. The molecule has 1 aromatic carbocycles. The van der Waals surface area contributed by atoms with Crippen LogP contribution < -0.4 is 5.32 Å². The number of halogens is 1. The summed E-state index contributed by atoms with van der Waals surface area (Å²) >= 11 is 5.79. The third-order valence-electron chi connectivity index (χ3n) is 1.28. The minimum absolute atomic E-state index is 0.452. The molecule has 0 saturated carbocycles. The van der Waals surface area contributed by atoms with E-state index in [9.17, 15) is 0 Å². The fourth-order valence-corrected chi connectivity index (χ4v) is 1.10. The van der Waals surface area contributed by atoms with Gasteiger partial charge < -0.3 is 5.32 Å². The van der Waals surface area contributed by atoms with E-state index in [1.54, 1.807) is 0 Å². The molecule has 0 fully saturated rings. The number of hydrogen-bond acceptors (Lipinski definition) is 1. The Hall–Kier alpha value is -0.690. The maximum atomic E-state index is 5.79. The van der Waals surface area contributed by atoms with Crippen LogP contribution in [0.4, 0.5) is 5.69 Å². The van der Waals surface area contributed by atoms with Gasteiger partial charge in [-0.25, -0.2) is 0 Å². The van der Waals surface area contributed by atoms with Crippen molar-refractivity contribution in [3.8, 4) is 0 Å². The van der Waals surface area contributed by atoms with Crippen LogP contribution in [-0.2, 0) is 0 Å². The molecule has 11 heavy (non-hydrogen) atoms. The van der Waals surface area contributed by atoms with Gasteiger partial charge in [-0.05, 0) is 32.0 Å². The number of benzene rings is 1. The normalized spacial score (nSPS) is 10.2. The summed E-state index contributed by atoms with van der Waals surface area (Å²) in [5.41, 5.74) is 1.08. The standard InChI is InChI=1S/C9H12ClN/c1-7(2)11-9-5-3-4-8(10)6-9/h3-7,11H,1-2H3. The molecule has 2 heteroatoms. The molecule has 0 atom stereocenters. The van der Waals surface area contributed by atoms with Gasteiger partial charge in [0.2, 0.25) is 0 Å². The second-order valence-electron chi connectivity index (χ2n) is 2.81. The molecule has 0 amide bonds. The first-order valence-electron chi connectivity index (χ1n) is 3.70. The zero-order valence-electron chi connectivity index (χ0n) is 6.76. The summed E-state index contributed by atoms with van der Waals surface area (Å²) in [5, 5.41) is 4.03. The van der Waals surface area contributed by atoms with Crippen molar-refractivity contribution < 1.29 is 0 Å². The summed E-state index contributed by atoms with van der Waals surface area (Å²) in [7, 11) is 0. The molecule has 0 aliphatic carbocycles. The molecule has 1 aromatic rings. The molecule has 1 nitrogen and oxygen atoms in total. The van der Waals surface area contributed by atoms with Gasteiger partial charge in [-0.15, -0.1) is 0 Å². The zero-order valence-corrected chi connectivity index (χ0v) is 7.52. The Morgan fingerprint density at radius 1 is 1.36 bits per heavy atom. The summed E-state index contributed by atoms with van der Waals surface area (Å²) < 4.78 is 0. The summed E-state index contributed by atoms with van der Waals surface area (Å²) in [5.74, 6) is 0. The average molecular weight is 170 g/mol. The van der Waals surface area contributed by atoms with E-state index < -0.39 is 0 Å². The van der Waals surface area contributed by atoms with E-state index in [2.05, 4.69) is 19.2 Å². The molecule has 0 spiro atoms. The lowest BCUT2D eigenvalue weighted by molar-refractivity contribution is 0.900. The van der Waals surface area contributed by atoms with Gasteiger partial charge in [0, 0.05) is 16.8 Å². The van der Waals surface area contributed by atoms with E-state index in [0.29, 0.717) is 6.04 Å². The molecule has 1 rings (SSSR count). The molecular formula is C9H12ClN. The zero-order chi connectivity index (χ0) is 8.27. The number of nitrogens with one attached hydrogen (secondary N) is 1. The van der Waals surface area contributed by atoms with Crippen LogP contribution in [0, 0.1) is 0 Å². The molecule has 0 heterocycles. The number of rotatable bonds is 2. The number of hydrogen-bond donors (Lipinski definition) is 1. The van der Waals surface area contributed by atoms with Crippen molar-refractivity contribution in [3.63, 3.8) is 0 Å². The van der Waals surface area contributed by atoms with Gasteiger partial charge in [0.25, 0.3) is 0 Å². The van der Waals surface area contributed by atoms with E-state index in [0.717, 1.165) is 10.7 Å². The van der Waals surface area contributed by atoms with Crippen LogP contribution in [0.15, 0.2) is 24.3 Å². The van der Waals surface area contributed by atoms with Crippen LogP contribution in [-0.4, -0.2) is 6.04 Å². The minimum atomic E-state index is 0.452. The molecular weight excluding hydrogens is 158 g/mol. The van der Waals surface area contributed by atoms with Gasteiger partial charge in [-0.3, -0.25) is 0 Å². The van der Waals surface area contributed by atoms with Crippen molar-refractivity contribution in [3.05, 3.63) is 29.3 Å². The van der Waals surface area contributed by atoms with Crippen molar-refractivity contribution in [2.75, 3.05) is 5.32 Å². The Bertz CT molecular complexity index is 233. The summed E-state index contributed by atoms with van der Waals surface area (Å²) in [4.78, 5) is 0. The summed E-state index contributed by atoms with van der Waals surface area (Å²) in [6.45, 7) is 4.20. The third-order valence-corrected chi connectivity index (χ3v) is 1.52. The lowest BCUT2D eigenvalue weighted by Crippen LogP contribution is -2.09. The first-order chi connectivity index (χ1) is 5.18. The van der Waals surface area contributed by atoms with Crippen LogP contribution in [0.5, 0.6) is 0 Å². The van der Waals surface area contributed by atoms with Crippen molar-refractivity contribution in [1.82, 2.24) is 0 Å². The quantitative estimate of drug-likeness (QED) is 0.717. The fourth-order valence-electron chi connectivity index (χ4n) is 0.912. The highest BCUT2D eigenvalue weighted by molar-refractivity contribution is 6.30. The highest BCUT2D eigenvalue weighted by Gasteiger charge is 1.94. The van der Waals surface area contributed by atoms with Crippen molar-refractivity contribution in [2.45, 2.75) is 19.9 Å². The molecule has 0 aliphatic rings. The van der Waals surface area contributed by atoms with Gasteiger partial charge in [0.15, 0.2) is 0 Å². The summed E-state index contributed by atoms with van der Waals surface area (Å²) in [6.07, 6.45) is 0. The van der Waals surface area contributed by atoms with Crippen LogP contribution >= 0.6 is 11.6 Å². The largest absolute Gasteiger partial charge is 0.383 e. The van der Waals surface area contributed by atoms with Gasteiger partial charge in [-0.1, -0.05) is 17.7 Å². The van der Waals surface area contributed by atoms with Crippen LogP contribution in [0.3, 0.4) is 0 Å². The second-order valence-corrected chi connectivity index (χ2v) is 3.25. The van der Waals surface area contributed by atoms with Crippen LogP contribution in [0.1, 0.15) is 13.8 Å². The predicted octanol–water partition coefficient (Wildman–Crippen LogP) is 3.16. The predicted molar refractivity (Wildman–Crippen MR) is 50.2 cm³/mol. The van der Waals surface area contributed by atoms with Crippen molar-refractivity contribution in [1.29, 1.82) is 0 Å². The van der Waals surface area contributed by atoms with Gasteiger partial charge in [0.05, 0.1) is 0 Å². The molecule has 0 radical (unpaired) electrons. The minimum Gasteiger partial charge on any atom is -0.383 e. The highest BCUT2D eigenvalue weighted by atomic mass is 35.5. The highest BCUT2D eigenvalue weighted by Crippen LogP contribution is 2.15. The lowest BCUT2D eigenvalue weighted by atomic mass is 10.3. The lowest BCUT2D eigenvalue weighted by Gasteiger charge is -2.09. The number of anilines is 1. The van der Waals surface area contributed by atoms with Gasteiger partial charge in [-0.2, -0.15) is 0 Å². The molecule has 0 unspecified atom stereocenters. The monoisotopic (exact) mass is 169 g/mol. The Morgan fingerprint density at radius 3 is 2.64 bits per heavy atom. The maximum Gasteiger partial charge on any atom is 0.0426 e. The molecule has 0 saturated heterocycles. The Balaban J connectivity index is 2.71. The molecule has 0 aliphatic heterocycles. The van der Waals surface area contributed by atoms with Gasteiger partial charge >= 0.3 is 0 Å². The Labute approximate surface area is 72.4 Å². The van der Waals surface area contributed by atoms with Crippen molar-refractivity contribution >= 4 is 17.3 Å². The van der Waals surface area contributed by atoms with Crippen molar-refractivity contribution in [2.24, 2.45) is 0 Å². The second kappa shape index (κ2) is 3.63. The molecule has 1 N–H and O–H groups in total. The van der Waals surface area contributed by atoms with Crippen LogP contribution in [0.2, 0.25) is 5.02 Å². The SMILES string of the molecule is CC(C)Nc1cccc(Cl)c1. The van der Waals surface area contributed by atoms with Crippen LogP contribution in [0.25, 0.3) is 0 Å². The molecule has 60 valence electrons. The van der Waals surface area contributed by atoms with E-state index in [-0.39, 0.29) is 0 Å². The smallest absolute Gasteiger partial charge is 0.0426 e.